The first-order valence-corrected chi connectivity index (χ1v) is 10.7. The molecule has 0 amide bonds. The molecule has 2 N–H and O–H groups in total. The third-order valence-corrected chi connectivity index (χ3v) is 5.81. The van der Waals surface area contributed by atoms with Crippen molar-refractivity contribution in [3.63, 3.8) is 0 Å². The number of non-ortho nitro benzene ring substituents is 1. The number of aromatic nitrogens is 2. The number of fused-ring (bicyclic) bond motifs is 1. The highest BCUT2D eigenvalue weighted by Gasteiger charge is 2.22. The maximum Gasteiger partial charge on any atom is 0.269 e. The van der Waals surface area contributed by atoms with E-state index in [0.717, 1.165) is 54.5 Å². The zero-order valence-electron chi connectivity index (χ0n) is 17.9. The molecule has 0 spiro atoms. The highest BCUT2D eigenvalue weighted by molar-refractivity contribution is 5.90. The molecule has 8 nitrogen and oxygen atoms in total. The Labute approximate surface area is 181 Å². The van der Waals surface area contributed by atoms with Gasteiger partial charge in [-0.15, -0.1) is 0 Å². The minimum absolute atomic E-state index is 0.128. The van der Waals surface area contributed by atoms with Crippen molar-refractivity contribution in [2.75, 3.05) is 24.3 Å². The number of para-hydroxylation sites is 1. The van der Waals surface area contributed by atoms with Crippen LogP contribution in [0.4, 0.5) is 17.5 Å². The van der Waals surface area contributed by atoms with Crippen LogP contribution >= 0.6 is 0 Å². The second-order valence-electron chi connectivity index (χ2n) is 8.28. The molecule has 0 radical (unpaired) electrons. The average Bonchev–Trinajstić information content (AvgIpc) is 2.78. The number of rotatable bonds is 7. The van der Waals surface area contributed by atoms with E-state index in [2.05, 4.69) is 16.7 Å². The maximum absolute atomic E-state index is 10.8. The molecule has 0 saturated heterocycles. The molecule has 162 valence electrons. The Balaban J connectivity index is 1.31. The Morgan fingerprint density at radius 2 is 1.68 bits per heavy atom. The van der Waals surface area contributed by atoms with E-state index in [9.17, 15) is 10.1 Å². The number of nitro benzene ring substituents is 1. The first-order valence-electron chi connectivity index (χ1n) is 10.7. The van der Waals surface area contributed by atoms with Crippen LogP contribution in [0.5, 0.6) is 0 Å². The van der Waals surface area contributed by atoms with E-state index in [-0.39, 0.29) is 10.6 Å². The first kappa shape index (κ1) is 21.0. The number of nitrogens with zero attached hydrogens (tertiary/aromatic N) is 4. The van der Waals surface area contributed by atoms with Crippen LogP contribution in [0.1, 0.15) is 31.2 Å². The van der Waals surface area contributed by atoms with Crippen molar-refractivity contribution in [2.24, 2.45) is 0 Å². The largest absolute Gasteiger partial charge is 0.362 e. The summed E-state index contributed by atoms with van der Waals surface area (Å²) in [5.74, 6) is 1.61. The van der Waals surface area contributed by atoms with Crippen LogP contribution in [0.2, 0.25) is 0 Å². The van der Waals surface area contributed by atoms with Crippen molar-refractivity contribution in [1.82, 2.24) is 15.3 Å². The minimum Gasteiger partial charge on any atom is -0.362 e. The standard InChI is InChI=1S/C23H28N6O2/c1-28(2)22-20-5-3-4-6-21(20)26-23(27-22)25-18-11-9-17(10-12-18)24-15-16-7-13-19(14-8-16)29(30)31/h3-8,13-14,17-18,24H,9-12,15H2,1-2H3,(H,25,26,27)/t17-,18+. The van der Waals surface area contributed by atoms with E-state index < -0.39 is 0 Å². The molecule has 1 aliphatic carbocycles. The second-order valence-corrected chi connectivity index (χ2v) is 8.28. The third kappa shape index (κ3) is 5.08. The molecule has 0 unspecified atom stereocenters. The summed E-state index contributed by atoms with van der Waals surface area (Å²) < 4.78 is 0. The predicted octanol–water partition coefficient (Wildman–Crippen LogP) is 4.12. The second kappa shape index (κ2) is 9.26. The summed E-state index contributed by atoms with van der Waals surface area (Å²) in [6.45, 7) is 0.723. The summed E-state index contributed by atoms with van der Waals surface area (Å²) in [6.07, 6.45) is 4.23. The number of hydrogen-bond donors (Lipinski definition) is 2. The number of benzene rings is 2. The summed E-state index contributed by atoms with van der Waals surface area (Å²) in [6, 6.07) is 15.6. The van der Waals surface area contributed by atoms with Crippen molar-refractivity contribution in [3.05, 3.63) is 64.2 Å². The lowest BCUT2D eigenvalue weighted by atomic mass is 9.91. The third-order valence-electron chi connectivity index (χ3n) is 5.81. The lowest BCUT2D eigenvalue weighted by molar-refractivity contribution is -0.384. The molecule has 1 aliphatic rings. The van der Waals surface area contributed by atoms with Crippen LogP contribution in [-0.2, 0) is 6.54 Å². The molecule has 8 heteroatoms. The average molecular weight is 421 g/mol. The van der Waals surface area contributed by atoms with E-state index in [0.29, 0.717) is 18.0 Å². The molecule has 1 heterocycles. The predicted molar refractivity (Wildman–Crippen MR) is 123 cm³/mol. The monoisotopic (exact) mass is 420 g/mol. The number of nitro groups is 1. The fourth-order valence-electron chi connectivity index (χ4n) is 4.09. The van der Waals surface area contributed by atoms with Gasteiger partial charge in [0.2, 0.25) is 5.95 Å². The first-order chi connectivity index (χ1) is 15.0. The molecule has 4 rings (SSSR count). The summed E-state index contributed by atoms with van der Waals surface area (Å²) in [5, 5.41) is 18.9. The van der Waals surface area contributed by atoms with E-state index in [1.807, 2.05) is 49.3 Å². The van der Waals surface area contributed by atoms with Gasteiger partial charge in [0, 0.05) is 50.2 Å². The van der Waals surface area contributed by atoms with Gasteiger partial charge in [-0.3, -0.25) is 10.1 Å². The highest BCUT2D eigenvalue weighted by atomic mass is 16.6. The zero-order chi connectivity index (χ0) is 21.8. The SMILES string of the molecule is CN(C)c1nc(N[C@H]2CC[C@@H](NCc3ccc([N+](=O)[O-])cc3)CC2)nc2ccccc12. The number of hydrogen-bond acceptors (Lipinski definition) is 7. The highest BCUT2D eigenvalue weighted by Crippen LogP contribution is 2.26. The lowest BCUT2D eigenvalue weighted by Crippen LogP contribution is -2.37. The molecule has 3 aromatic rings. The molecule has 1 saturated carbocycles. The molecule has 2 aromatic carbocycles. The van der Waals surface area contributed by atoms with Gasteiger partial charge in [-0.25, -0.2) is 4.98 Å². The van der Waals surface area contributed by atoms with Gasteiger partial charge in [0.15, 0.2) is 0 Å². The Hall–Kier alpha value is -3.26. The van der Waals surface area contributed by atoms with Crippen LogP contribution in [0.15, 0.2) is 48.5 Å². The van der Waals surface area contributed by atoms with Crippen LogP contribution in [-0.4, -0.2) is 41.1 Å². The van der Waals surface area contributed by atoms with Crippen LogP contribution < -0.4 is 15.5 Å². The van der Waals surface area contributed by atoms with Gasteiger partial charge in [0.05, 0.1) is 10.4 Å². The number of anilines is 2. The summed E-state index contributed by atoms with van der Waals surface area (Å²) in [5.41, 5.74) is 2.14. The lowest BCUT2D eigenvalue weighted by Gasteiger charge is -2.30. The Morgan fingerprint density at radius 3 is 2.35 bits per heavy atom. The smallest absolute Gasteiger partial charge is 0.269 e. The van der Waals surface area contributed by atoms with Crippen molar-refractivity contribution in [2.45, 2.75) is 44.3 Å². The van der Waals surface area contributed by atoms with E-state index in [1.54, 1.807) is 12.1 Å². The van der Waals surface area contributed by atoms with E-state index >= 15 is 0 Å². The Morgan fingerprint density at radius 1 is 1.00 bits per heavy atom. The van der Waals surface area contributed by atoms with Gasteiger partial charge in [0.1, 0.15) is 5.82 Å². The normalized spacial score (nSPS) is 18.6. The van der Waals surface area contributed by atoms with E-state index in [1.165, 1.54) is 0 Å². The fourth-order valence-corrected chi connectivity index (χ4v) is 4.09. The zero-order valence-corrected chi connectivity index (χ0v) is 17.9. The minimum atomic E-state index is -0.369. The van der Waals surface area contributed by atoms with Gasteiger partial charge in [0.25, 0.3) is 5.69 Å². The van der Waals surface area contributed by atoms with Gasteiger partial charge in [-0.2, -0.15) is 4.98 Å². The summed E-state index contributed by atoms with van der Waals surface area (Å²) in [7, 11) is 4.00. The van der Waals surface area contributed by atoms with Crippen molar-refractivity contribution in [1.29, 1.82) is 0 Å². The Bertz CT molecular complexity index is 1050. The van der Waals surface area contributed by atoms with Crippen molar-refractivity contribution in [3.8, 4) is 0 Å². The quantitative estimate of drug-likeness (QED) is 0.438. The molecular formula is C23H28N6O2. The summed E-state index contributed by atoms with van der Waals surface area (Å²) in [4.78, 5) is 21.9. The van der Waals surface area contributed by atoms with Gasteiger partial charge in [-0.05, 0) is 43.4 Å². The van der Waals surface area contributed by atoms with Crippen molar-refractivity contribution >= 4 is 28.4 Å². The van der Waals surface area contributed by atoms with Gasteiger partial charge in [-0.1, -0.05) is 24.3 Å². The van der Waals surface area contributed by atoms with E-state index in [4.69, 9.17) is 9.97 Å². The van der Waals surface area contributed by atoms with Crippen LogP contribution in [0.3, 0.4) is 0 Å². The molecule has 0 aliphatic heterocycles. The Kier molecular flexibility index (Phi) is 6.27. The van der Waals surface area contributed by atoms with Crippen LogP contribution in [0, 0.1) is 10.1 Å². The van der Waals surface area contributed by atoms with Gasteiger partial charge >= 0.3 is 0 Å². The molecular weight excluding hydrogens is 392 g/mol. The molecule has 31 heavy (non-hydrogen) atoms. The summed E-state index contributed by atoms with van der Waals surface area (Å²) >= 11 is 0. The fraction of sp³-hybridized carbons (Fsp3) is 0.391. The van der Waals surface area contributed by atoms with Gasteiger partial charge < -0.3 is 15.5 Å². The van der Waals surface area contributed by atoms with Crippen molar-refractivity contribution < 1.29 is 4.92 Å². The molecule has 1 fully saturated rings. The van der Waals surface area contributed by atoms with Crippen LogP contribution in [0.25, 0.3) is 10.9 Å². The maximum atomic E-state index is 10.8. The molecule has 0 atom stereocenters. The molecule has 0 bridgehead atoms. The molecule has 1 aromatic heterocycles. The topological polar surface area (TPSA) is 96.2 Å². The number of nitrogens with one attached hydrogen (secondary N) is 2.